The van der Waals surface area contributed by atoms with Crippen LogP contribution >= 0.6 is 0 Å². The maximum absolute atomic E-state index is 5.47. The molecule has 0 radical (unpaired) electrons. The SMILES string of the molecule is CCCC(CC)c1c[nH]c2cc(Nc3cccc(N4CCOCC4)c3)ccc12.CN(C)C. The van der Waals surface area contributed by atoms with Gasteiger partial charge in [0.25, 0.3) is 0 Å². The Hall–Kier alpha value is -2.50. The summed E-state index contributed by atoms with van der Waals surface area (Å²) < 4.78 is 5.47. The molecule has 2 N–H and O–H groups in total. The van der Waals surface area contributed by atoms with Crippen LogP contribution in [0.3, 0.4) is 0 Å². The molecule has 0 saturated carbocycles. The molecule has 174 valence electrons. The Morgan fingerprint density at radius 2 is 1.75 bits per heavy atom. The summed E-state index contributed by atoms with van der Waals surface area (Å²) in [7, 11) is 6.00. The summed E-state index contributed by atoms with van der Waals surface area (Å²) in [6.07, 6.45) is 5.87. The van der Waals surface area contributed by atoms with Gasteiger partial charge in [-0.25, -0.2) is 0 Å². The van der Waals surface area contributed by atoms with Crippen molar-refractivity contribution < 1.29 is 4.74 Å². The molecule has 3 aromatic rings. The second kappa shape index (κ2) is 11.9. The van der Waals surface area contributed by atoms with Crippen LogP contribution in [0.25, 0.3) is 10.9 Å². The van der Waals surface area contributed by atoms with Crippen molar-refractivity contribution in [2.75, 3.05) is 57.7 Å². The quantitative estimate of drug-likeness (QED) is 0.461. The molecule has 0 bridgehead atoms. The number of morpholine rings is 1. The first-order chi connectivity index (χ1) is 15.5. The Morgan fingerprint density at radius 1 is 1.03 bits per heavy atom. The van der Waals surface area contributed by atoms with Gasteiger partial charge in [0.05, 0.1) is 13.2 Å². The van der Waals surface area contributed by atoms with Crippen LogP contribution in [-0.2, 0) is 4.74 Å². The van der Waals surface area contributed by atoms with Crippen molar-refractivity contribution in [3.63, 3.8) is 0 Å². The van der Waals surface area contributed by atoms with Crippen LogP contribution in [0, 0.1) is 0 Å². The number of nitrogens with one attached hydrogen (secondary N) is 2. The van der Waals surface area contributed by atoms with Crippen molar-refractivity contribution in [1.29, 1.82) is 0 Å². The Balaban J connectivity index is 0.000000668. The zero-order chi connectivity index (χ0) is 22.9. The summed E-state index contributed by atoms with van der Waals surface area (Å²) in [5.41, 5.74) is 6.15. The molecule has 0 aliphatic carbocycles. The van der Waals surface area contributed by atoms with Crippen molar-refractivity contribution in [3.8, 4) is 0 Å². The lowest BCUT2D eigenvalue weighted by Gasteiger charge is -2.29. The van der Waals surface area contributed by atoms with Crippen molar-refractivity contribution in [3.05, 3.63) is 54.2 Å². The highest BCUT2D eigenvalue weighted by Gasteiger charge is 2.14. The third kappa shape index (κ3) is 6.50. The number of aromatic nitrogens is 1. The molecule has 1 atom stereocenters. The molecule has 0 amide bonds. The first-order valence-corrected chi connectivity index (χ1v) is 11.9. The van der Waals surface area contributed by atoms with Crippen LogP contribution in [-0.4, -0.2) is 57.3 Å². The van der Waals surface area contributed by atoms with E-state index in [9.17, 15) is 0 Å². The normalized spacial score (nSPS) is 14.9. The fraction of sp³-hybridized carbons (Fsp3) is 0.481. The van der Waals surface area contributed by atoms with E-state index >= 15 is 0 Å². The summed E-state index contributed by atoms with van der Waals surface area (Å²) >= 11 is 0. The smallest absolute Gasteiger partial charge is 0.0642 e. The predicted molar refractivity (Wildman–Crippen MR) is 139 cm³/mol. The van der Waals surface area contributed by atoms with Gasteiger partial charge in [0.15, 0.2) is 0 Å². The maximum Gasteiger partial charge on any atom is 0.0642 e. The molecule has 1 aliphatic rings. The van der Waals surface area contributed by atoms with Crippen LogP contribution in [0.2, 0.25) is 0 Å². The number of anilines is 3. The van der Waals surface area contributed by atoms with Gasteiger partial charge in [-0.15, -0.1) is 0 Å². The molecular weight excluding hydrogens is 396 g/mol. The second-order valence-electron chi connectivity index (χ2n) is 9.01. The number of fused-ring (bicyclic) bond motifs is 1. The van der Waals surface area contributed by atoms with Crippen LogP contribution in [0.5, 0.6) is 0 Å². The number of rotatable bonds is 7. The zero-order valence-corrected chi connectivity index (χ0v) is 20.4. The Bertz CT molecular complexity index is 956. The molecule has 5 heteroatoms. The summed E-state index contributed by atoms with van der Waals surface area (Å²) in [5, 5.41) is 4.93. The van der Waals surface area contributed by atoms with Gasteiger partial charge in [-0.3, -0.25) is 0 Å². The number of nitrogens with zero attached hydrogens (tertiary/aromatic N) is 2. The van der Waals surface area contributed by atoms with Gasteiger partial charge in [-0.1, -0.05) is 32.4 Å². The number of hydrogen-bond acceptors (Lipinski definition) is 4. The number of benzene rings is 2. The molecule has 0 spiro atoms. The van der Waals surface area contributed by atoms with E-state index in [0.717, 1.165) is 37.7 Å². The predicted octanol–water partition coefficient (Wildman–Crippen LogP) is 6.22. The van der Waals surface area contributed by atoms with Crippen molar-refractivity contribution in [1.82, 2.24) is 9.88 Å². The van der Waals surface area contributed by atoms with E-state index in [0.29, 0.717) is 5.92 Å². The van der Waals surface area contributed by atoms with Crippen LogP contribution in [0.15, 0.2) is 48.7 Å². The van der Waals surface area contributed by atoms with Gasteiger partial charge < -0.3 is 24.8 Å². The average molecular weight is 437 g/mol. The van der Waals surface area contributed by atoms with Crippen molar-refractivity contribution in [2.24, 2.45) is 0 Å². The summed E-state index contributed by atoms with van der Waals surface area (Å²) in [5.74, 6) is 0.641. The number of hydrogen-bond donors (Lipinski definition) is 2. The van der Waals surface area contributed by atoms with Gasteiger partial charge in [-0.05, 0) is 75.8 Å². The van der Waals surface area contributed by atoms with Crippen molar-refractivity contribution in [2.45, 2.75) is 39.0 Å². The minimum Gasteiger partial charge on any atom is -0.378 e. The van der Waals surface area contributed by atoms with Crippen LogP contribution in [0.4, 0.5) is 17.1 Å². The van der Waals surface area contributed by atoms with Gasteiger partial charge in [-0.2, -0.15) is 0 Å². The number of ether oxygens (including phenoxy) is 1. The lowest BCUT2D eigenvalue weighted by molar-refractivity contribution is 0.122. The first kappa shape index (κ1) is 24.1. The fourth-order valence-electron chi connectivity index (χ4n) is 4.26. The zero-order valence-electron chi connectivity index (χ0n) is 20.4. The maximum atomic E-state index is 5.47. The molecule has 1 saturated heterocycles. The van der Waals surface area contributed by atoms with E-state index in [-0.39, 0.29) is 0 Å². The van der Waals surface area contributed by atoms with Gasteiger partial charge in [0.1, 0.15) is 0 Å². The molecule has 1 aromatic heterocycles. The lowest BCUT2D eigenvalue weighted by Crippen LogP contribution is -2.36. The first-order valence-electron chi connectivity index (χ1n) is 11.9. The lowest BCUT2D eigenvalue weighted by atomic mass is 9.92. The molecule has 1 unspecified atom stereocenters. The topological polar surface area (TPSA) is 43.5 Å². The van der Waals surface area contributed by atoms with E-state index < -0.39 is 0 Å². The minimum atomic E-state index is 0.641. The Morgan fingerprint density at radius 3 is 2.44 bits per heavy atom. The van der Waals surface area contributed by atoms with E-state index in [1.807, 2.05) is 26.0 Å². The molecule has 4 rings (SSSR count). The molecule has 2 aromatic carbocycles. The van der Waals surface area contributed by atoms with Gasteiger partial charge >= 0.3 is 0 Å². The number of H-pyrrole nitrogens is 1. The molecule has 32 heavy (non-hydrogen) atoms. The second-order valence-corrected chi connectivity index (χ2v) is 9.01. The molecule has 2 heterocycles. The summed E-state index contributed by atoms with van der Waals surface area (Å²) in [6, 6.07) is 15.3. The largest absolute Gasteiger partial charge is 0.378 e. The van der Waals surface area contributed by atoms with E-state index in [4.69, 9.17) is 4.74 Å². The highest BCUT2D eigenvalue weighted by molar-refractivity contribution is 5.87. The highest BCUT2D eigenvalue weighted by atomic mass is 16.5. The van der Waals surface area contributed by atoms with E-state index in [1.165, 1.54) is 41.4 Å². The monoisotopic (exact) mass is 436 g/mol. The molecule has 5 nitrogen and oxygen atoms in total. The van der Waals surface area contributed by atoms with Crippen LogP contribution < -0.4 is 10.2 Å². The fourth-order valence-corrected chi connectivity index (χ4v) is 4.26. The van der Waals surface area contributed by atoms with E-state index in [1.54, 1.807) is 0 Å². The standard InChI is InChI=1S/C24H31N3O.C3H9N/c1-3-6-18(4-2)23-17-25-24-16-20(9-10-22(23)24)26-19-7-5-8-21(15-19)27-11-13-28-14-12-27;1-4(2)3/h5,7-10,15-18,25-26H,3-4,6,11-14H2,1-2H3;1-3H3. The minimum absolute atomic E-state index is 0.641. The Kier molecular flexibility index (Phi) is 9.00. The average Bonchev–Trinajstić information content (AvgIpc) is 3.21. The van der Waals surface area contributed by atoms with E-state index in [2.05, 4.69) is 77.7 Å². The van der Waals surface area contributed by atoms with Crippen molar-refractivity contribution >= 4 is 28.0 Å². The molecule has 1 aliphatic heterocycles. The summed E-state index contributed by atoms with van der Waals surface area (Å²) in [4.78, 5) is 7.87. The highest BCUT2D eigenvalue weighted by Crippen LogP contribution is 2.33. The summed E-state index contributed by atoms with van der Waals surface area (Å²) in [6.45, 7) is 8.08. The third-order valence-electron chi connectivity index (χ3n) is 5.79. The number of aromatic amines is 1. The Labute approximate surface area is 193 Å². The molecular formula is C27H40N4O. The third-order valence-corrected chi connectivity index (χ3v) is 5.79. The van der Waals surface area contributed by atoms with Gasteiger partial charge in [0, 0.05) is 47.3 Å². The molecule has 1 fully saturated rings. The van der Waals surface area contributed by atoms with Crippen LogP contribution in [0.1, 0.15) is 44.6 Å². The van der Waals surface area contributed by atoms with Gasteiger partial charge in [0.2, 0.25) is 0 Å².